The zero-order chi connectivity index (χ0) is 14.3. The summed E-state index contributed by atoms with van der Waals surface area (Å²) in [6.07, 6.45) is 5.11. The van der Waals surface area contributed by atoms with Crippen LogP contribution in [-0.2, 0) is 9.59 Å². The third kappa shape index (κ3) is 5.69. The Bertz CT molecular complexity index is 496. The molecular weight excluding hydrogens is 286 g/mol. The molecule has 0 aliphatic carbocycles. The average Bonchev–Trinajstić information content (AvgIpc) is 2.37. The molecule has 4 nitrogen and oxygen atoms in total. The van der Waals surface area contributed by atoms with Crippen LogP contribution in [0.1, 0.15) is 0 Å². The fraction of sp³-hybridized carbons (Fsp3) is 0.231. The molecule has 0 aliphatic rings. The number of terminal acetylenes is 1. The molecule has 0 atom stereocenters. The van der Waals surface area contributed by atoms with Crippen molar-refractivity contribution in [2.75, 3.05) is 18.8 Å². The van der Waals surface area contributed by atoms with Gasteiger partial charge in [-0.2, -0.15) is 0 Å². The molecule has 0 bridgehead atoms. The highest BCUT2D eigenvalue weighted by molar-refractivity contribution is 8.00. The number of amides is 1. The molecule has 0 radical (unpaired) electrons. The lowest BCUT2D eigenvalue weighted by atomic mass is 10.4. The van der Waals surface area contributed by atoms with Crippen LogP contribution in [0, 0.1) is 12.3 Å². The molecule has 0 aromatic heterocycles. The summed E-state index contributed by atoms with van der Waals surface area (Å²) in [6.45, 7) is -0.392. The van der Waals surface area contributed by atoms with E-state index in [-0.39, 0.29) is 24.7 Å². The summed E-state index contributed by atoms with van der Waals surface area (Å²) in [6, 6.07) is 7.04. The van der Waals surface area contributed by atoms with E-state index in [1.165, 1.54) is 11.8 Å². The van der Waals surface area contributed by atoms with Crippen LogP contribution in [0.4, 0.5) is 0 Å². The molecule has 0 aliphatic heterocycles. The molecule has 1 aromatic carbocycles. The number of aliphatic carboxylic acids is 1. The number of hydrogen-bond donors (Lipinski definition) is 1. The Labute approximate surface area is 120 Å². The molecule has 6 heteroatoms. The monoisotopic (exact) mass is 297 g/mol. The van der Waals surface area contributed by atoms with Gasteiger partial charge in [-0.1, -0.05) is 17.5 Å². The summed E-state index contributed by atoms with van der Waals surface area (Å²) >= 11 is 7.06. The number of nitrogens with zero attached hydrogens (tertiary/aromatic N) is 1. The molecule has 0 heterocycles. The third-order valence-corrected chi connectivity index (χ3v) is 3.39. The molecular formula is C13H12ClNO3S. The second kappa shape index (κ2) is 7.72. The summed E-state index contributed by atoms with van der Waals surface area (Å²) in [4.78, 5) is 24.5. The largest absolute Gasteiger partial charge is 0.480 e. The van der Waals surface area contributed by atoms with Crippen LogP contribution in [0.5, 0.6) is 0 Å². The number of halogens is 1. The Hall–Kier alpha value is -1.64. The van der Waals surface area contributed by atoms with Gasteiger partial charge in [0.05, 0.1) is 12.3 Å². The molecule has 19 heavy (non-hydrogen) atoms. The van der Waals surface area contributed by atoms with Crippen molar-refractivity contribution in [3.05, 3.63) is 29.3 Å². The Kier molecular flexibility index (Phi) is 6.26. The van der Waals surface area contributed by atoms with Crippen molar-refractivity contribution >= 4 is 35.2 Å². The van der Waals surface area contributed by atoms with E-state index in [4.69, 9.17) is 23.1 Å². The van der Waals surface area contributed by atoms with Crippen molar-refractivity contribution < 1.29 is 14.7 Å². The quantitative estimate of drug-likeness (QED) is 0.644. The predicted octanol–water partition coefficient (Wildman–Crippen LogP) is 1.98. The molecule has 1 amide bonds. The zero-order valence-corrected chi connectivity index (χ0v) is 11.6. The highest BCUT2D eigenvalue weighted by Crippen LogP contribution is 2.20. The van der Waals surface area contributed by atoms with E-state index in [1.54, 1.807) is 24.3 Å². The van der Waals surface area contributed by atoms with Gasteiger partial charge in [-0.3, -0.25) is 9.59 Å². The van der Waals surface area contributed by atoms with E-state index in [2.05, 4.69) is 5.92 Å². The van der Waals surface area contributed by atoms with Crippen LogP contribution in [0.15, 0.2) is 29.2 Å². The average molecular weight is 298 g/mol. The highest BCUT2D eigenvalue weighted by atomic mass is 35.5. The number of benzene rings is 1. The summed E-state index contributed by atoms with van der Waals surface area (Å²) in [5.41, 5.74) is 0. The molecule has 1 N–H and O–H groups in total. The molecule has 100 valence electrons. The van der Waals surface area contributed by atoms with Crippen molar-refractivity contribution in [3.63, 3.8) is 0 Å². The van der Waals surface area contributed by atoms with E-state index >= 15 is 0 Å². The second-order valence-corrected chi connectivity index (χ2v) is 5.08. The van der Waals surface area contributed by atoms with E-state index in [1.807, 2.05) is 0 Å². The molecule has 0 fully saturated rings. The van der Waals surface area contributed by atoms with Gasteiger partial charge < -0.3 is 10.0 Å². The van der Waals surface area contributed by atoms with Crippen molar-refractivity contribution in [1.29, 1.82) is 0 Å². The molecule has 0 spiro atoms. The van der Waals surface area contributed by atoms with Gasteiger partial charge >= 0.3 is 5.97 Å². The topological polar surface area (TPSA) is 57.6 Å². The lowest BCUT2D eigenvalue weighted by Gasteiger charge is -2.17. The highest BCUT2D eigenvalue weighted by Gasteiger charge is 2.15. The van der Waals surface area contributed by atoms with Crippen LogP contribution < -0.4 is 0 Å². The van der Waals surface area contributed by atoms with Crippen LogP contribution >= 0.6 is 23.4 Å². The number of hydrogen-bond acceptors (Lipinski definition) is 3. The second-order valence-electron chi connectivity index (χ2n) is 3.59. The molecule has 0 saturated carbocycles. The minimum Gasteiger partial charge on any atom is -0.480 e. The normalized spacial score (nSPS) is 9.68. The lowest BCUT2D eigenvalue weighted by molar-refractivity contribution is -0.143. The Morgan fingerprint density at radius 3 is 2.53 bits per heavy atom. The number of carboxylic acids is 1. The maximum absolute atomic E-state index is 11.8. The van der Waals surface area contributed by atoms with Gasteiger partial charge in [0.1, 0.15) is 6.54 Å². The van der Waals surface area contributed by atoms with Gasteiger partial charge in [-0.25, -0.2) is 0 Å². The Morgan fingerprint density at radius 2 is 2.00 bits per heavy atom. The number of thioether (sulfide) groups is 1. The maximum atomic E-state index is 11.8. The molecule has 0 saturated heterocycles. The SMILES string of the molecule is C#CCN(CC(=O)O)C(=O)CSc1ccc(Cl)cc1. The number of rotatable bonds is 6. The first kappa shape index (κ1) is 15.4. The first-order valence-corrected chi connectivity index (χ1v) is 6.70. The Morgan fingerprint density at radius 1 is 1.37 bits per heavy atom. The fourth-order valence-electron chi connectivity index (χ4n) is 1.27. The Balaban J connectivity index is 2.54. The number of carbonyl (C=O) groups is 2. The molecule has 1 rings (SSSR count). The number of carbonyl (C=O) groups excluding carboxylic acids is 1. The van der Waals surface area contributed by atoms with E-state index in [0.717, 1.165) is 9.80 Å². The van der Waals surface area contributed by atoms with Crippen LogP contribution in [-0.4, -0.2) is 40.7 Å². The van der Waals surface area contributed by atoms with Gasteiger partial charge in [0.25, 0.3) is 0 Å². The smallest absolute Gasteiger partial charge is 0.323 e. The first-order valence-electron chi connectivity index (χ1n) is 5.34. The van der Waals surface area contributed by atoms with Crippen LogP contribution in [0.25, 0.3) is 0 Å². The van der Waals surface area contributed by atoms with Gasteiger partial charge in [-0.05, 0) is 24.3 Å². The minimum atomic E-state index is -1.08. The predicted molar refractivity (Wildman–Crippen MR) is 75.2 cm³/mol. The van der Waals surface area contributed by atoms with E-state index in [9.17, 15) is 9.59 Å². The lowest BCUT2D eigenvalue weighted by Crippen LogP contribution is -2.37. The standard InChI is InChI=1S/C13H12ClNO3S/c1-2-7-15(8-13(17)18)12(16)9-19-11-5-3-10(14)4-6-11/h1,3-6H,7-9H2,(H,17,18). The van der Waals surface area contributed by atoms with E-state index < -0.39 is 5.97 Å². The van der Waals surface area contributed by atoms with Crippen molar-refractivity contribution in [3.8, 4) is 12.3 Å². The maximum Gasteiger partial charge on any atom is 0.323 e. The summed E-state index contributed by atoms with van der Waals surface area (Å²) in [5.74, 6) is 1.02. The van der Waals surface area contributed by atoms with Crippen molar-refractivity contribution in [1.82, 2.24) is 4.90 Å². The third-order valence-electron chi connectivity index (χ3n) is 2.14. The molecule has 0 unspecified atom stereocenters. The van der Waals surface area contributed by atoms with Crippen LogP contribution in [0.3, 0.4) is 0 Å². The molecule has 1 aromatic rings. The van der Waals surface area contributed by atoms with Gasteiger partial charge in [0.15, 0.2) is 0 Å². The zero-order valence-electron chi connectivity index (χ0n) is 10.0. The van der Waals surface area contributed by atoms with E-state index in [0.29, 0.717) is 5.02 Å². The summed E-state index contributed by atoms with van der Waals surface area (Å²) in [7, 11) is 0. The van der Waals surface area contributed by atoms with Gasteiger partial charge in [0.2, 0.25) is 5.91 Å². The van der Waals surface area contributed by atoms with Crippen molar-refractivity contribution in [2.45, 2.75) is 4.90 Å². The van der Waals surface area contributed by atoms with Crippen LogP contribution in [0.2, 0.25) is 5.02 Å². The first-order chi connectivity index (χ1) is 9.02. The van der Waals surface area contributed by atoms with Gasteiger partial charge in [-0.15, -0.1) is 18.2 Å². The van der Waals surface area contributed by atoms with Gasteiger partial charge in [0, 0.05) is 9.92 Å². The summed E-state index contributed by atoms with van der Waals surface area (Å²) < 4.78 is 0. The minimum absolute atomic E-state index is 0.00763. The number of carboxylic acid groups (broad SMARTS) is 1. The fourth-order valence-corrected chi connectivity index (χ4v) is 2.20. The van der Waals surface area contributed by atoms with Crippen molar-refractivity contribution in [2.24, 2.45) is 0 Å². The summed E-state index contributed by atoms with van der Waals surface area (Å²) in [5, 5.41) is 9.31.